The van der Waals surface area contributed by atoms with Gasteiger partial charge in [0, 0.05) is 30.0 Å². The van der Waals surface area contributed by atoms with Gasteiger partial charge >= 0.3 is 0 Å². The molecule has 4 aromatic rings. The van der Waals surface area contributed by atoms with E-state index in [2.05, 4.69) is 46.7 Å². The highest BCUT2D eigenvalue weighted by Gasteiger charge is 2.32. The summed E-state index contributed by atoms with van der Waals surface area (Å²) in [5.74, 6) is -0.347. The lowest BCUT2D eigenvalue weighted by molar-refractivity contribution is -0.120. The van der Waals surface area contributed by atoms with E-state index in [4.69, 9.17) is 0 Å². The van der Waals surface area contributed by atoms with Gasteiger partial charge in [0.1, 0.15) is 0 Å². The zero-order valence-electron chi connectivity index (χ0n) is 20.6. The number of carbonyl (C=O) groups excluding carboxylic acids is 1. The minimum Gasteiger partial charge on any atom is -0.302 e. The summed E-state index contributed by atoms with van der Waals surface area (Å²) < 4.78 is 27.3. The van der Waals surface area contributed by atoms with Gasteiger partial charge in [-0.25, -0.2) is 13.4 Å². The van der Waals surface area contributed by atoms with Crippen molar-refractivity contribution in [2.75, 3.05) is 18.4 Å². The number of anilines is 1. The number of nitrogens with zero attached hydrogens (tertiary/aromatic N) is 2. The Labute approximate surface area is 222 Å². The number of hydrogen-bond donors (Lipinski definition) is 1. The van der Waals surface area contributed by atoms with Crippen molar-refractivity contribution >= 4 is 32.4 Å². The van der Waals surface area contributed by atoms with E-state index < -0.39 is 10.0 Å². The average molecular weight is 532 g/mol. The van der Waals surface area contributed by atoms with Crippen LogP contribution in [0, 0.1) is 12.8 Å². The summed E-state index contributed by atoms with van der Waals surface area (Å²) in [6, 6.07) is 25.6. The number of benzene rings is 3. The van der Waals surface area contributed by atoms with Crippen LogP contribution in [0.1, 0.15) is 29.5 Å². The number of aryl methyl sites for hydroxylation is 1. The number of rotatable bonds is 7. The topological polar surface area (TPSA) is 79.4 Å². The van der Waals surface area contributed by atoms with Gasteiger partial charge in [-0.15, -0.1) is 11.3 Å². The molecule has 190 valence electrons. The standard InChI is InChI=1S/C29H29N3O3S2/c1-21-7-13-26(14-8-21)37(34,35)32-17-15-25(16-18-32)28(33)31-29-30-27(20-36-29)24-11-9-23(10-12-24)19-22-5-3-2-4-6-22/h2-14,20,25H,15-19H2,1H3,(H,30,31,33). The van der Waals surface area contributed by atoms with E-state index in [1.165, 1.54) is 26.8 Å². The van der Waals surface area contributed by atoms with Crippen LogP contribution >= 0.6 is 11.3 Å². The monoisotopic (exact) mass is 531 g/mol. The van der Waals surface area contributed by atoms with Crippen molar-refractivity contribution < 1.29 is 13.2 Å². The van der Waals surface area contributed by atoms with E-state index in [1.807, 2.05) is 30.5 Å². The summed E-state index contributed by atoms with van der Waals surface area (Å²) in [5, 5.41) is 5.44. The molecule has 5 rings (SSSR count). The molecule has 1 aromatic heterocycles. The number of sulfonamides is 1. The highest BCUT2D eigenvalue weighted by atomic mass is 32.2. The van der Waals surface area contributed by atoms with Crippen LogP contribution in [-0.2, 0) is 21.2 Å². The Hall–Kier alpha value is -3.33. The third kappa shape index (κ3) is 5.98. The van der Waals surface area contributed by atoms with Crippen molar-refractivity contribution in [3.63, 3.8) is 0 Å². The summed E-state index contributed by atoms with van der Waals surface area (Å²) >= 11 is 1.40. The largest absolute Gasteiger partial charge is 0.302 e. The fourth-order valence-corrected chi connectivity index (χ4v) is 6.71. The van der Waals surface area contributed by atoms with Crippen LogP contribution in [0.3, 0.4) is 0 Å². The van der Waals surface area contributed by atoms with Gasteiger partial charge in [0.25, 0.3) is 0 Å². The summed E-state index contributed by atoms with van der Waals surface area (Å²) in [4.78, 5) is 17.8. The maximum Gasteiger partial charge on any atom is 0.243 e. The Kier molecular flexibility index (Phi) is 7.50. The first kappa shape index (κ1) is 25.3. The van der Waals surface area contributed by atoms with Gasteiger partial charge in [0.2, 0.25) is 15.9 Å². The number of amides is 1. The Morgan fingerprint density at radius 2 is 1.59 bits per heavy atom. The van der Waals surface area contributed by atoms with Crippen molar-refractivity contribution in [3.05, 3.63) is 101 Å². The van der Waals surface area contributed by atoms with E-state index in [1.54, 1.807) is 24.3 Å². The van der Waals surface area contributed by atoms with Crippen LogP contribution in [0.4, 0.5) is 5.13 Å². The third-order valence-electron chi connectivity index (χ3n) is 6.72. The maximum atomic E-state index is 12.9. The van der Waals surface area contributed by atoms with Gasteiger partial charge < -0.3 is 5.32 Å². The zero-order valence-corrected chi connectivity index (χ0v) is 22.3. The predicted octanol–water partition coefficient (Wildman–Crippen LogP) is 5.75. The van der Waals surface area contributed by atoms with Crippen LogP contribution in [-0.4, -0.2) is 36.7 Å². The lowest BCUT2D eigenvalue weighted by Gasteiger charge is -2.30. The van der Waals surface area contributed by atoms with Crippen LogP contribution < -0.4 is 5.32 Å². The lowest BCUT2D eigenvalue weighted by atomic mass is 9.97. The molecular weight excluding hydrogens is 502 g/mol. The molecule has 6 nitrogen and oxygen atoms in total. The van der Waals surface area contributed by atoms with Gasteiger partial charge in [-0.2, -0.15) is 4.31 Å². The molecule has 1 fully saturated rings. The molecule has 0 spiro atoms. The van der Waals surface area contributed by atoms with Gasteiger partial charge in [-0.3, -0.25) is 4.79 Å². The Balaban J connectivity index is 1.16. The van der Waals surface area contributed by atoms with Gasteiger partial charge in [-0.05, 0) is 49.4 Å². The van der Waals surface area contributed by atoms with Gasteiger partial charge in [0.15, 0.2) is 5.13 Å². The van der Waals surface area contributed by atoms with Crippen molar-refractivity contribution in [1.82, 2.24) is 9.29 Å². The molecule has 1 aliphatic rings. The minimum atomic E-state index is -3.54. The third-order valence-corrected chi connectivity index (χ3v) is 9.39. The second-order valence-electron chi connectivity index (χ2n) is 9.38. The highest BCUT2D eigenvalue weighted by Crippen LogP contribution is 2.28. The molecule has 0 saturated carbocycles. The van der Waals surface area contributed by atoms with Crippen LogP contribution in [0.25, 0.3) is 11.3 Å². The van der Waals surface area contributed by atoms with E-state index in [9.17, 15) is 13.2 Å². The number of thiazole rings is 1. The molecule has 0 radical (unpaired) electrons. The number of nitrogens with one attached hydrogen (secondary N) is 1. The molecular formula is C29H29N3O3S2. The molecule has 3 aromatic carbocycles. The zero-order chi connectivity index (χ0) is 25.8. The minimum absolute atomic E-state index is 0.105. The Bertz CT molecular complexity index is 1460. The Morgan fingerprint density at radius 3 is 2.27 bits per heavy atom. The molecule has 1 amide bonds. The molecule has 37 heavy (non-hydrogen) atoms. The second-order valence-corrected chi connectivity index (χ2v) is 12.2. The van der Waals surface area contributed by atoms with Gasteiger partial charge in [-0.1, -0.05) is 72.3 Å². The molecule has 1 N–H and O–H groups in total. The Morgan fingerprint density at radius 1 is 0.946 bits per heavy atom. The average Bonchev–Trinajstić information content (AvgIpc) is 3.38. The van der Waals surface area contributed by atoms with Crippen molar-refractivity contribution in [3.8, 4) is 11.3 Å². The molecule has 2 heterocycles. The van der Waals surface area contributed by atoms with Crippen molar-refractivity contribution in [2.45, 2.75) is 31.1 Å². The fourth-order valence-electron chi connectivity index (χ4n) is 4.51. The van der Waals surface area contributed by atoms with Crippen LogP contribution in [0.15, 0.2) is 89.1 Å². The van der Waals surface area contributed by atoms with Gasteiger partial charge in [0.05, 0.1) is 10.6 Å². The van der Waals surface area contributed by atoms with E-state index in [0.717, 1.165) is 23.2 Å². The first-order valence-corrected chi connectivity index (χ1v) is 14.7. The summed E-state index contributed by atoms with van der Waals surface area (Å²) in [6.07, 6.45) is 1.85. The number of carbonyl (C=O) groups is 1. The maximum absolute atomic E-state index is 12.9. The van der Waals surface area contributed by atoms with Crippen LogP contribution in [0.5, 0.6) is 0 Å². The molecule has 1 aliphatic heterocycles. The molecule has 1 saturated heterocycles. The highest BCUT2D eigenvalue weighted by molar-refractivity contribution is 7.89. The molecule has 0 bridgehead atoms. The lowest BCUT2D eigenvalue weighted by Crippen LogP contribution is -2.41. The van der Waals surface area contributed by atoms with E-state index in [0.29, 0.717) is 36.0 Å². The van der Waals surface area contributed by atoms with Crippen molar-refractivity contribution in [1.29, 1.82) is 0 Å². The molecule has 0 unspecified atom stereocenters. The first-order chi connectivity index (χ1) is 17.9. The molecule has 0 atom stereocenters. The summed E-state index contributed by atoms with van der Waals surface area (Å²) in [7, 11) is -3.54. The molecule has 0 aliphatic carbocycles. The number of hydrogen-bond acceptors (Lipinski definition) is 5. The molecule has 8 heteroatoms. The number of piperidine rings is 1. The summed E-state index contributed by atoms with van der Waals surface area (Å²) in [6.45, 7) is 2.58. The second kappa shape index (κ2) is 11.0. The van der Waals surface area contributed by atoms with Crippen LogP contribution in [0.2, 0.25) is 0 Å². The summed E-state index contributed by atoms with van der Waals surface area (Å²) in [5.41, 5.74) is 5.34. The fraction of sp³-hybridized carbons (Fsp3) is 0.241. The first-order valence-electron chi connectivity index (χ1n) is 12.3. The van der Waals surface area contributed by atoms with E-state index in [-0.39, 0.29) is 11.8 Å². The quantitative estimate of drug-likeness (QED) is 0.329. The smallest absolute Gasteiger partial charge is 0.243 e. The number of aromatic nitrogens is 1. The SMILES string of the molecule is Cc1ccc(S(=O)(=O)N2CCC(C(=O)Nc3nc(-c4ccc(Cc5ccccc5)cc4)cs3)CC2)cc1. The van der Waals surface area contributed by atoms with Crippen molar-refractivity contribution in [2.24, 2.45) is 5.92 Å². The normalized spacial score (nSPS) is 14.9. The van der Waals surface area contributed by atoms with E-state index >= 15 is 0 Å². The predicted molar refractivity (Wildman–Crippen MR) is 148 cm³/mol.